The molecule has 1 aliphatic heterocycles. The van der Waals surface area contributed by atoms with Gasteiger partial charge in [-0.05, 0) is 36.7 Å². The number of fused-ring (bicyclic) bond motifs is 4. The third-order valence-electron chi connectivity index (χ3n) is 5.22. The van der Waals surface area contributed by atoms with Gasteiger partial charge in [0.2, 0.25) is 0 Å². The van der Waals surface area contributed by atoms with Gasteiger partial charge in [0.25, 0.3) is 5.56 Å². The van der Waals surface area contributed by atoms with Crippen molar-refractivity contribution < 1.29 is 0 Å². The van der Waals surface area contributed by atoms with Crippen LogP contribution < -0.4 is 5.56 Å². The molecule has 1 aliphatic rings. The summed E-state index contributed by atoms with van der Waals surface area (Å²) in [5.74, 6) is 0. The number of hydrogen-bond acceptors (Lipinski definition) is 5. The molecule has 0 N–H and O–H groups in total. The maximum Gasteiger partial charge on any atom is 0.267 e. The molecule has 0 atom stereocenters. The Morgan fingerprint density at radius 1 is 1.15 bits per heavy atom. The number of thiophene rings is 1. The molecule has 0 spiro atoms. The number of rotatable bonds is 2. The lowest BCUT2D eigenvalue weighted by atomic mass is 10.1. The quantitative estimate of drug-likeness (QED) is 0.376. The molecule has 0 amide bonds. The lowest BCUT2D eigenvalue weighted by Crippen LogP contribution is -2.27. The van der Waals surface area contributed by atoms with Gasteiger partial charge in [-0.3, -0.25) is 9.36 Å². The fraction of sp³-hybridized carbons (Fsp3) is 0.238. The van der Waals surface area contributed by atoms with Gasteiger partial charge >= 0.3 is 0 Å². The summed E-state index contributed by atoms with van der Waals surface area (Å²) in [5, 5.41) is 3.76. The molecule has 136 valence electrons. The van der Waals surface area contributed by atoms with Gasteiger partial charge < -0.3 is 4.90 Å². The molecule has 4 aromatic rings. The summed E-state index contributed by atoms with van der Waals surface area (Å²) in [6.07, 6.45) is 2.90. The van der Waals surface area contributed by atoms with Crippen LogP contribution in [0.3, 0.4) is 0 Å². The van der Waals surface area contributed by atoms with Gasteiger partial charge in [0.05, 0.1) is 11.1 Å². The molecule has 0 saturated carbocycles. The fourth-order valence-corrected chi connectivity index (χ4v) is 5.80. The van der Waals surface area contributed by atoms with Crippen molar-refractivity contribution in [2.45, 2.75) is 18.1 Å². The van der Waals surface area contributed by atoms with Gasteiger partial charge in [-0.1, -0.05) is 48.2 Å². The van der Waals surface area contributed by atoms with Crippen LogP contribution in [0.4, 0.5) is 0 Å². The van der Waals surface area contributed by atoms with Crippen LogP contribution in [0.15, 0.2) is 52.4 Å². The molecule has 27 heavy (non-hydrogen) atoms. The van der Waals surface area contributed by atoms with Gasteiger partial charge in [-0.15, -0.1) is 11.3 Å². The van der Waals surface area contributed by atoms with Gasteiger partial charge in [-0.2, -0.15) is 0 Å². The summed E-state index contributed by atoms with van der Waals surface area (Å²) >= 11 is 3.20. The van der Waals surface area contributed by atoms with Crippen LogP contribution in [0.5, 0.6) is 0 Å². The molecule has 3 heterocycles. The first kappa shape index (κ1) is 17.0. The highest BCUT2D eigenvalue weighted by atomic mass is 32.2. The van der Waals surface area contributed by atoms with Crippen LogP contribution in [0, 0.1) is 0 Å². The summed E-state index contributed by atoms with van der Waals surface area (Å²) in [5.41, 5.74) is 2.17. The smallest absolute Gasteiger partial charge is 0.267 e. The molecule has 0 unspecified atom stereocenters. The van der Waals surface area contributed by atoms with E-state index in [1.165, 1.54) is 22.2 Å². The lowest BCUT2D eigenvalue weighted by molar-refractivity contribution is 0.318. The second-order valence-corrected chi connectivity index (χ2v) is 8.77. The molecule has 4 nitrogen and oxygen atoms in total. The van der Waals surface area contributed by atoms with Crippen LogP contribution in [0.2, 0.25) is 0 Å². The van der Waals surface area contributed by atoms with Crippen LogP contribution in [0.1, 0.15) is 10.4 Å². The van der Waals surface area contributed by atoms with Crippen molar-refractivity contribution in [2.24, 2.45) is 0 Å². The van der Waals surface area contributed by atoms with Crippen LogP contribution >= 0.6 is 23.1 Å². The minimum Gasteiger partial charge on any atom is -0.301 e. The zero-order valence-corrected chi connectivity index (χ0v) is 16.9. The Morgan fingerprint density at radius 2 is 1.96 bits per heavy atom. The van der Waals surface area contributed by atoms with E-state index < -0.39 is 0 Å². The van der Waals surface area contributed by atoms with Crippen molar-refractivity contribution in [3.05, 3.63) is 63.3 Å². The minimum absolute atomic E-state index is 0.0581. The van der Waals surface area contributed by atoms with Gasteiger partial charge in [0.1, 0.15) is 4.83 Å². The van der Waals surface area contributed by atoms with E-state index in [4.69, 9.17) is 4.98 Å². The fourth-order valence-electron chi connectivity index (χ4n) is 3.90. The number of benzene rings is 2. The van der Waals surface area contributed by atoms with Crippen LogP contribution in [-0.2, 0) is 13.0 Å². The number of likely N-dealkylation sites (N-methyl/N-ethyl adjacent to an activating group) is 1. The van der Waals surface area contributed by atoms with E-state index in [0.717, 1.165) is 51.3 Å². The maximum absolute atomic E-state index is 13.7. The largest absolute Gasteiger partial charge is 0.301 e. The number of thioether (sulfide) groups is 1. The zero-order chi connectivity index (χ0) is 18.5. The van der Waals surface area contributed by atoms with Crippen molar-refractivity contribution in [1.82, 2.24) is 14.5 Å². The minimum atomic E-state index is 0.0581. The Kier molecular flexibility index (Phi) is 4.07. The Morgan fingerprint density at radius 3 is 2.81 bits per heavy atom. The molecule has 6 heteroatoms. The van der Waals surface area contributed by atoms with Crippen molar-refractivity contribution in [3.63, 3.8) is 0 Å². The van der Waals surface area contributed by atoms with Gasteiger partial charge in [-0.25, -0.2) is 4.98 Å². The molecular weight excluding hydrogens is 374 g/mol. The average molecular weight is 394 g/mol. The van der Waals surface area contributed by atoms with Crippen LogP contribution in [-0.4, -0.2) is 34.3 Å². The summed E-state index contributed by atoms with van der Waals surface area (Å²) < 4.78 is 1.81. The monoisotopic (exact) mass is 393 g/mol. The molecule has 0 saturated heterocycles. The summed E-state index contributed by atoms with van der Waals surface area (Å²) in [6, 6.07) is 14.3. The third kappa shape index (κ3) is 2.63. The summed E-state index contributed by atoms with van der Waals surface area (Å²) in [7, 11) is 2.13. The summed E-state index contributed by atoms with van der Waals surface area (Å²) in [6.45, 7) is 1.88. The normalized spacial score (nSPS) is 14.7. The molecular formula is C21H19N3OS2. The zero-order valence-electron chi connectivity index (χ0n) is 15.2. The van der Waals surface area contributed by atoms with E-state index in [1.807, 2.05) is 30.5 Å². The first-order valence-electron chi connectivity index (χ1n) is 8.95. The van der Waals surface area contributed by atoms with Crippen LogP contribution in [0.25, 0.3) is 26.7 Å². The summed E-state index contributed by atoms with van der Waals surface area (Å²) in [4.78, 5) is 23.0. The van der Waals surface area contributed by atoms with Gasteiger partial charge in [0, 0.05) is 23.4 Å². The molecule has 0 bridgehead atoms. The topological polar surface area (TPSA) is 38.1 Å². The second kappa shape index (κ2) is 6.48. The van der Waals surface area contributed by atoms with E-state index in [-0.39, 0.29) is 5.56 Å². The first-order chi connectivity index (χ1) is 13.2. The van der Waals surface area contributed by atoms with E-state index >= 15 is 0 Å². The van der Waals surface area contributed by atoms with E-state index in [1.54, 1.807) is 15.9 Å². The highest BCUT2D eigenvalue weighted by Crippen LogP contribution is 2.34. The van der Waals surface area contributed by atoms with Crippen molar-refractivity contribution in [3.8, 4) is 5.69 Å². The highest BCUT2D eigenvalue weighted by Gasteiger charge is 2.24. The first-order valence-corrected chi connectivity index (χ1v) is 11.0. The van der Waals surface area contributed by atoms with E-state index in [0.29, 0.717) is 0 Å². The Bertz CT molecular complexity index is 1240. The second-order valence-electron chi connectivity index (χ2n) is 6.91. The Labute approximate surface area is 165 Å². The SMILES string of the molecule is CSc1nc2sc3c(c2c(=O)n1-c1cccc2ccccc12)CCN(C)C3. The predicted octanol–water partition coefficient (Wildman–Crippen LogP) is 4.31. The van der Waals surface area contributed by atoms with Crippen molar-refractivity contribution in [1.29, 1.82) is 0 Å². The average Bonchev–Trinajstić information content (AvgIpc) is 3.05. The van der Waals surface area contributed by atoms with Crippen molar-refractivity contribution >= 4 is 44.1 Å². The standard InChI is InChI=1S/C21H19N3OS2/c1-23-11-10-15-17(12-23)27-19-18(15)20(25)24(21(22-19)26-2)16-9-5-7-13-6-3-4-8-14(13)16/h3-9H,10-12H2,1-2H3. The van der Waals surface area contributed by atoms with Gasteiger partial charge in [0.15, 0.2) is 5.16 Å². The van der Waals surface area contributed by atoms with E-state index in [2.05, 4.69) is 30.1 Å². The number of hydrogen-bond donors (Lipinski definition) is 0. The maximum atomic E-state index is 13.7. The predicted molar refractivity (Wildman–Crippen MR) is 115 cm³/mol. The van der Waals surface area contributed by atoms with E-state index in [9.17, 15) is 4.79 Å². The number of aromatic nitrogens is 2. The Balaban J connectivity index is 1.87. The third-order valence-corrected chi connectivity index (χ3v) is 6.97. The Hall–Kier alpha value is -2.15. The molecule has 0 aliphatic carbocycles. The molecule has 2 aromatic heterocycles. The molecule has 5 rings (SSSR count). The molecule has 0 fully saturated rings. The lowest BCUT2D eigenvalue weighted by Gasteiger charge is -2.21. The number of nitrogens with zero attached hydrogens (tertiary/aromatic N) is 3. The molecule has 0 radical (unpaired) electrons. The molecule has 2 aromatic carbocycles. The highest BCUT2D eigenvalue weighted by molar-refractivity contribution is 7.98. The van der Waals surface area contributed by atoms with Crippen molar-refractivity contribution in [2.75, 3.05) is 19.8 Å².